The van der Waals surface area contributed by atoms with Gasteiger partial charge in [-0.15, -0.1) is 24.9 Å². The summed E-state index contributed by atoms with van der Waals surface area (Å²) >= 11 is 1.34. The third-order valence-electron chi connectivity index (χ3n) is 4.55. The van der Waals surface area contributed by atoms with Crippen molar-refractivity contribution in [2.24, 2.45) is 0 Å². The van der Waals surface area contributed by atoms with Gasteiger partial charge in [-0.2, -0.15) is 0 Å². The molecule has 2 aliphatic heterocycles. The lowest BCUT2D eigenvalue weighted by Gasteiger charge is -2.24. The molecule has 0 spiro atoms. The van der Waals surface area contributed by atoms with E-state index in [-0.39, 0.29) is 24.0 Å². The Balaban J connectivity index is 1.41. The van der Waals surface area contributed by atoms with Crippen LogP contribution in [0.15, 0.2) is 66.6 Å². The van der Waals surface area contributed by atoms with Crippen LogP contribution >= 0.6 is 11.8 Å². The molecular weight excluding hydrogens is 419 g/mol. The summed E-state index contributed by atoms with van der Waals surface area (Å²) in [5.74, 6) is 0.293. The second-order valence-corrected chi connectivity index (χ2v) is 7.83. The lowest BCUT2D eigenvalue weighted by molar-refractivity contribution is -0.274. The van der Waals surface area contributed by atoms with Crippen LogP contribution in [0, 0.1) is 0 Å². The first kappa shape index (κ1) is 20.5. The van der Waals surface area contributed by atoms with Gasteiger partial charge in [0.15, 0.2) is 5.76 Å². The molecule has 2 aliphatic rings. The zero-order chi connectivity index (χ0) is 21.1. The van der Waals surface area contributed by atoms with Crippen LogP contribution in [-0.2, 0) is 20.7 Å². The molecule has 1 fully saturated rings. The van der Waals surface area contributed by atoms with Gasteiger partial charge >= 0.3 is 6.36 Å². The van der Waals surface area contributed by atoms with Gasteiger partial charge in [-0.1, -0.05) is 42.5 Å². The summed E-state index contributed by atoms with van der Waals surface area (Å²) in [6, 6.07) is 15.4. The fraction of sp³-hybridized carbons (Fsp3) is 0.286. The largest absolute Gasteiger partial charge is 0.573 e. The highest BCUT2D eigenvalue weighted by Crippen LogP contribution is 2.40. The molecule has 2 unspecified atom stereocenters. The van der Waals surface area contributed by atoms with Crippen molar-refractivity contribution in [1.29, 1.82) is 0 Å². The van der Waals surface area contributed by atoms with Gasteiger partial charge in [-0.25, -0.2) is 0 Å². The number of carbonyl (C=O) groups is 1. The lowest BCUT2D eigenvalue weighted by atomic mass is 10.1. The number of alkyl halides is 3. The third-order valence-corrected chi connectivity index (χ3v) is 5.81. The topological polar surface area (TPSA) is 48.0 Å². The van der Waals surface area contributed by atoms with E-state index in [0.717, 1.165) is 5.56 Å². The van der Waals surface area contributed by atoms with Gasteiger partial charge in [-0.05, 0) is 23.3 Å². The van der Waals surface area contributed by atoms with Gasteiger partial charge in [0.2, 0.25) is 12.2 Å². The molecule has 1 amide bonds. The van der Waals surface area contributed by atoms with Crippen LogP contribution in [0.3, 0.4) is 0 Å². The highest BCUT2D eigenvalue weighted by atomic mass is 32.2. The Morgan fingerprint density at radius 1 is 1.13 bits per heavy atom. The predicted molar refractivity (Wildman–Crippen MR) is 104 cm³/mol. The van der Waals surface area contributed by atoms with Crippen molar-refractivity contribution in [2.45, 2.75) is 24.4 Å². The second-order valence-electron chi connectivity index (χ2n) is 6.76. The van der Waals surface area contributed by atoms with Gasteiger partial charge in [-0.3, -0.25) is 4.79 Å². The number of halogens is 3. The molecule has 0 bridgehead atoms. The average molecular weight is 437 g/mol. The number of nitrogens with zero attached hydrogens (tertiary/aromatic N) is 1. The minimum atomic E-state index is -4.77. The smallest absolute Gasteiger partial charge is 0.459 e. The molecule has 158 valence electrons. The van der Waals surface area contributed by atoms with Gasteiger partial charge < -0.3 is 19.1 Å². The standard InChI is InChI=1S/C21H18F3NO4S/c22-21(23,24)29-16-8-4-7-15(10-16)20-25(18(26)13-30-20)11-17-12-27-19(28-17)9-14-5-2-1-3-6-14/h1-8,10,12,19-20H,9,11,13H2. The molecule has 30 heavy (non-hydrogen) atoms. The SMILES string of the molecule is O=C1CSC(c2cccc(OC(F)(F)F)c2)N1CC1=COC(Cc2ccccc2)O1. The molecule has 2 atom stereocenters. The van der Waals surface area contributed by atoms with Crippen molar-refractivity contribution in [3.05, 3.63) is 77.7 Å². The molecular formula is C21H18F3NO4S. The predicted octanol–water partition coefficient (Wildman–Crippen LogP) is 4.62. The first-order valence-electron chi connectivity index (χ1n) is 9.19. The molecule has 2 aromatic rings. The average Bonchev–Trinajstić information content (AvgIpc) is 3.29. The van der Waals surface area contributed by atoms with Crippen LogP contribution in [0.5, 0.6) is 5.75 Å². The molecule has 0 aliphatic carbocycles. The number of benzene rings is 2. The zero-order valence-corrected chi connectivity index (χ0v) is 16.5. The summed E-state index contributed by atoms with van der Waals surface area (Å²) in [6.07, 6.45) is -3.20. The zero-order valence-electron chi connectivity index (χ0n) is 15.7. The Morgan fingerprint density at radius 2 is 1.93 bits per heavy atom. The lowest BCUT2D eigenvalue weighted by Crippen LogP contribution is -2.30. The fourth-order valence-corrected chi connectivity index (χ4v) is 4.46. The highest BCUT2D eigenvalue weighted by molar-refractivity contribution is 8.00. The van der Waals surface area contributed by atoms with Gasteiger partial charge in [0.1, 0.15) is 17.4 Å². The van der Waals surface area contributed by atoms with Gasteiger partial charge in [0.05, 0.1) is 12.3 Å². The number of ether oxygens (including phenoxy) is 3. The molecule has 5 nitrogen and oxygen atoms in total. The number of thioether (sulfide) groups is 1. The second kappa shape index (κ2) is 8.51. The Kier molecular flexibility index (Phi) is 5.80. The molecule has 0 saturated carbocycles. The Labute approximate surface area is 175 Å². The Hall–Kier alpha value is -2.81. The van der Waals surface area contributed by atoms with E-state index in [0.29, 0.717) is 17.7 Å². The van der Waals surface area contributed by atoms with Crippen molar-refractivity contribution >= 4 is 17.7 Å². The van der Waals surface area contributed by atoms with E-state index in [1.807, 2.05) is 30.3 Å². The number of rotatable bonds is 6. The fourth-order valence-electron chi connectivity index (χ4n) is 3.28. The molecule has 2 heterocycles. The van der Waals surface area contributed by atoms with Gasteiger partial charge in [0.25, 0.3) is 0 Å². The normalized spacial score (nSPS) is 21.2. The molecule has 9 heteroatoms. The van der Waals surface area contributed by atoms with E-state index in [9.17, 15) is 18.0 Å². The number of hydrogen-bond acceptors (Lipinski definition) is 5. The molecule has 1 saturated heterocycles. The van der Waals surface area contributed by atoms with E-state index in [2.05, 4.69) is 4.74 Å². The summed E-state index contributed by atoms with van der Waals surface area (Å²) < 4.78 is 52.9. The van der Waals surface area contributed by atoms with E-state index in [1.54, 1.807) is 11.0 Å². The molecule has 0 aromatic heterocycles. The first-order valence-corrected chi connectivity index (χ1v) is 10.2. The highest BCUT2D eigenvalue weighted by Gasteiger charge is 2.36. The molecule has 0 radical (unpaired) electrons. The molecule has 2 aromatic carbocycles. The van der Waals surface area contributed by atoms with Crippen LogP contribution in [0.25, 0.3) is 0 Å². The van der Waals surface area contributed by atoms with Crippen molar-refractivity contribution in [1.82, 2.24) is 4.90 Å². The minimum absolute atomic E-state index is 0.122. The van der Waals surface area contributed by atoms with Crippen LogP contribution < -0.4 is 4.74 Å². The number of amides is 1. The van der Waals surface area contributed by atoms with Gasteiger partial charge in [0, 0.05) is 6.42 Å². The minimum Gasteiger partial charge on any atom is -0.459 e. The van der Waals surface area contributed by atoms with Crippen LogP contribution in [-0.4, -0.2) is 35.8 Å². The molecule has 0 N–H and O–H groups in total. The third kappa shape index (κ3) is 5.02. The molecule has 4 rings (SSSR count). The van der Waals surface area contributed by atoms with Crippen molar-refractivity contribution in [3.63, 3.8) is 0 Å². The van der Waals surface area contributed by atoms with Crippen molar-refractivity contribution < 1.29 is 32.2 Å². The summed E-state index contributed by atoms with van der Waals surface area (Å²) in [4.78, 5) is 14.0. The monoisotopic (exact) mass is 437 g/mol. The summed E-state index contributed by atoms with van der Waals surface area (Å²) in [6.45, 7) is 0.173. The van der Waals surface area contributed by atoms with Crippen molar-refractivity contribution in [3.8, 4) is 5.75 Å². The van der Waals surface area contributed by atoms with Crippen LogP contribution in [0.1, 0.15) is 16.5 Å². The first-order chi connectivity index (χ1) is 14.4. The number of carbonyl (C=O) groups excluding carboxylic acids is 1. The quantitative estimate of drug-likeness (QED) is 0.660. The maximum Gasteiger partial charge on any atom is 0.573 e. The summed E-state index contributed by atoms with van der Waals surface area (Å²) in [7, 11) is 0. The summed E-state index contributed by atoms with van der Waals surface area (Å²) in [5.41, 5.74) is 1.61. The van der Waals surface area contributed by atoms with Crippen LogP contribution in [0.2, 0.25) is 0 Å². The Bertz CT molecular complexity index is 935. The van der Waals surface area contributed by atoms with Crippen molar-refractivity contribution in [2.75, 3.05) is 12.3 Å². The van der Waals surface area contributed by atoms with E-state index < -0.39 is 18.0 Å². The van der Waals surface area contributed by atoms with E-state index >= 15 is 0 Å². The maximum absolute atomic E-state index is 12.5. The number of hydrogen-bond donors (Lipinski definition) is 0. The van der Waals surface area contributed by atoms with Crippen LogP contribution in [0.4, 0.5) is 13.2 Å². The Morgan fingerprint density at radius 3 is 2.70 bits per heavy atom. The summed E-state index contributed by atoms with van der Waals surface area (Å²) in [5, 5.41) is -0.438. The van der Waals surface area contributed by atoms with E-state index in [1.165, 1.54) is 36.2 Å². The maximum atomic E-state index is 12.5. The van der Waals surface area contributed by atoms with E-state index in [4.69, 9.17) is 9.47 Å².